The summed E-state index contributed by atoms with van der Waals surface area (Å²) in [4.78, 5) is 22.0. The first-order valence-corrected chi connectivity index (χ1v) is 12.5. The van der Waals surface area contributed by atoms with E-state index < -0.39 is 5.41 Å². The van der Waals surface area contributed by atoms with Gasteiger partial charge in [-0.15, -0.1) is 0 Å². The maximum absolute atomic E-state index is 11.2. The van der Waals surface area contributed by atoms with Crippen molar-refractivity contribution in [3.8, 4) is 0 Å². The van der Waals surface area contributed by atoms with E-state index in [9.17, 15) is 9.59 Å². The van der Waals surface area contributed by atoms with Gasteiger partial charge in [0.15, 0.2) is 6.79 Å². The van der Waals surface area contributed by atoms with Gasteiger partial charge in [0.25, 0.3) is 0 Å². The second-order valence-electron chi connectivity index (χ2n) is 9.41. The van der Waals surface area contributed by atoms with Crippen molar-refractivity contribution in [1.82, 2.24) is 0 Å². The summed E-state index contributed by atoms with van der Waals surface area (Å²) in [5.41, 5.74) is 1.07. The fourth-order valence-corrected chi connectivity index (χ4v) is 1.97. The van der Waals surface area contributed by atoms with Crippen LogP contribution in [0.4, 0.5) is 0 Å². The molecular weight excluding hydrogens is 468 g/mol. The Labute approximate surface area is 231 Å². The van der Waals surface area contributed by atoms with E-state index in [-0.39, 0.29) is 39.0 Å². The van der Waals surface area contributed by atoms with Gasteiger partial charge in [0, 0.05) is 14.2 Å². The summed E-state index contributed by atoms with van der Waals surface area (Å²) >= 11 is 0. The SMILES string of the molecule is C.C.CC.CCC(C)(C)C(=O)OC.CCC(C)(C)C(=O)OCOC.CCC(C)(C)c1ccccc1.CO. The summed E-state index contributed by atoms with van der Waals surface area (Å²) in [5.74, 6) is -0.341. The van der Waals surface area contributed by atoms with Gasteiger partial charge in [-0.05, 0) is 57.9 Å². The van der Waals surface area contributed by atoms with E-state index in [1.165, 1.54) is 26.2 Å². The normalized spacial score (nSPS) is 9.81. The maximum Gasteiger partial charge on any atom is 0.313 e. The Kier molecular flexibility index (Phi) is 35.3. The second-order valence-corrected chi connectivity index (χ2v) is 9.41. The lowest BCUT2D eigenvalue weighted by Crippen LogP contribution is -2.26. The molecule has 0 aliphatic carbocycles. The number of benzene rings is 1. The topological polar surface area (TPSA) is 82.1 Å². The van der Waals surface area contributed by atoms with Crippen molar-refractivity contribution in [2.45, 2.75) is 116 Å². The van der Waals surface area contributed by atoms with Crippen molar-refractivity contribution < 1.29 is 28.9 Å². The lowest BCUT2D eigenvalue weighted by molar-refractivity contribution is -0.164. The van der Waals surface area contributed by atoms with Gasteiger partial charge in [-0.3, -0.25) is 9.59 Å². The minimum atomic E-state index is -0.390. The van der Waals surface area contributed by atoms with Crippen molar-refractivity contribution in [2.75, 3.05) is 28.1 Å². The smallest absolute Gasteiger partial charge is 0.313 e. The van der Waals surface area contributed by atoms with E-state index in [2.05, 4.69) is 60.6 Å². The molecule has 1 aromatic rings. The van der Waals surface area contributed by atoms with Crippen LogP contribution in [0.25, 0.3) is 0 Å². The molecule has 0 bridgehead atoms. The molecule has 0 saturated carbocycles. The standard InChI is InChI=1S/C11H16.C8H16O3.C7H14O2.C2H6.CH4O.2CH4/c1-4-11(2,3)10-8-6-5-7-9-10;1-5-8(2,3)7(9)11-6-10-4;1-5-7(2,3)6(8)9-4;2*1-2;;/h5-9H,4H2,1-3H3;5-6H2,1-4H3;5H2,1-4H3;1-2H3;2H,1H3;2*1H4. The molecule has 0 atom stereocenters. The van der Waals surface area contributed by atoms with Crippen molar-refractivity contribution in [2.24, 2.45) is 10.8 Å². The molecule has 0 aromatic heterocycles. The van der Waals surface area contributed by atoms with Gasteiger partial charge in [-0.2, -0.15) is 0 Å². The van der Waals surface area contributed by atoms with E-state index in [4.69, 9.17) is 9.84 Å². The third-order valence-electron chi connectivity index (χ3n) is 5.81. The summed E-state index contributed by atoms with van der Waals surface area (Å²) in [7, 11) is 3.91. The zero-order valence-corrected chi connectivity index (χ0v) is 25.2. The second kappa shape index (κ2) is 27.1. The first-order valence-electron chi connectivity index (χ1n) is 12.5. The van der Waals surface area contributed by atoms with Crippen LogP contribution in [0.1, 0.15) is 116 Å². The number of carbonyl (C=O) groups is 2. The summed E-state index contributed by atoms with van der Waals surface area (Å²) in [6.45, 7) is 22.2. The molecule has 0 aliphatic heterocycles. The molecule has 0 radical (unpaired) electrons. The molecule has 0 spiro atoms. The predicted octanol–water partition coefficient (Wildman–Crippen LogP) is 8.45. The highest BCUT2D eigenvalue weighted by Gasteiger charge is 2.27. The van der Waals surface area contributed by atoms with Gasteiger partial charge in [0.2, 0.25) is 0 Å². The molecule has 0 amide bonds. The first kappa shape index (κ1) is 48.2. The van der Waals surface area contributed by atoms with Crippen LogP contribution in [0, 0.1) is 10.8 Å². The largest absolute Gasteiger partial charge is 0.469 e. The molecule has 0 saturated heterocycles. The number of ether oxygens (including phenoxy) is 3. The van der Waals surface area contributed by atoms with Crippen LogP contribution in [0.5, 0.6) is 0 Å². The van der Waals surface area contributed by atoms with Gasteiger partial charge < -0.3 is 19.3 Å². The third-order valence-corrected chi connectivity index (χ3v) is 5.81. The summed E-state index contributed by atoms with van der Waals surface area (Å²) in [6.07, 6.45) is 2.78. The Morgan fingerprint density at radius 3 is 1.38 bits per heavy atom. The molecular formula is C31H64O6. The fourth-order valence-electron chi connectivity index (χ4n) is 1.97. The number of aliphatic hydroxyl groups is 1. The Balaban J connectivity index is -0.0000000892. The number of hydrogen-bond acceptors (Lipinski definition) is 6. The highest BCUT2D eigenvalue weighted by molar-refractivity contribution is 5.76. The highest BCUT2D eigenvalue weighted by atomic mass is 16.7. The van der Waals surface area contributed by atoms with Crippen LogP contribution in [0.15, 0.2) is 30.3 Å². The van der Waals surface area contributed by atoms with E-state index in [1.807, 2.05) is 55.4 Å². The van der Waals surface area contributed by atoms with Gasteiger partial charge in [0.05, 0.1) is 17.9 Å². The van der Waals surface area contributed by atoms with Crippen LogP contribution in [-0.2, 0) is 29.2 Å². The van der Waals surface area contributed by atoms with Gasteiger partial charge in [0.1, 0.15) is 0 Å². The van der Waals surface area contributed by atoms with Crippen LogP contribution in [-0.4, -0.2) is 45.2 Å². The van der Waals surface area contributed by atoms with E-state index in [0.717, 1.165) is 20.0 Å². The van der Waals surface area contributed by atoms with Gasteiger partial charge >= 0.3 is 11.9 Å². The number of esters is 2. The number of rotatable bonds is 8. The molecule has 37 heavy (non-hydrogen) atoms. The molecule has 1 N–H and O–H groups in total. The minimum Gasteiger partial charge on any atom is -0.469 e. The monoisotopic (exact) mass is 532 g/mol. The number of hydrogen-bond donors (Lipinski definition) is 1. The quantitative estimate of drug-likeness (QED) is 0.267. The van der Waals surface area contributed by atoms with Crippen molar-refractivity contribution in [3.63, 3.8) is 0 Å². The summed E-state index contributed by atoms with van der Waals surface area (Å²) < 4.78 is 14.0. The maximum atomic E-state index is 11.2. The highest BCUT2D eigenvalue weighted by Crippen LogP contribution is 2.25. The predicted molar refractivity (Wildman–Crippen MR) is 161 cm³/mol. The molecule has 6 nitrogen and oxygen atoms in total. The average Bonchev–Trinajstić information content (AvgIpc) is 2.90. The Bertz CT molecular complexity index is 622. The van der Waals surface area contributed by atoms with Gasteiger partial charge in [-0.1, -0.05) is 93.7 Å². The van der Waals surface area contributed by atoms with Gasteiger partial charge in [-0.25, -0.2) is 0 Å². The molecule has 1 rings (SSSR count). The fraction of sp³-hybridized carbons (Fsp3) is 0.742. The minimum absolute atomic E-state index is 0. The van der Waals surface area contributed by atoms with Crippen LogP contribution < -0.4 is 0 Å². The first-order chi connectivity index (χ1) is 16.2. The number of methoxy groups -OCH3 is 2. The number of carbonyl (C=O) groups excluding carboxylic acids is 2. The Morgan fingerprint density at radius 2 is 1.11 bits per heavy atom. The molecule has 6 heteroatoms. The average molecular weight is 533 g/mol. The van der Waals surface area contributed by atoms with Crippen LogP contribution >= 0.6 is 0 Å². The lowest BCUT2D eigenvalue weighted by atomic mass is 9.82. The molecule has 0 heterocycles. The lowest BCUT2D eigenvalue weighted by Gasteiger charge is -2.22. The van der Waals surface area contributed by atoms with Crippen LogP contribution in [0.2, 0.25) is 0 Å². The van der Waals surface area contributed by atoms with Crippen molar-refractivity contribution >= 4 is 11.9 Å². The van der Waals surface area contributed by atoms with Crippen LogP contribution in [0.3, 0.4) is 0 Å². The summed E-state index contributed by atoms with van der Waals surface area (Å²) in [6, 6.07) is 10.7. The molecule has 0 unspecified atom stereocenters. The van der Waals surface area contributed by atoms with Crippen molar-refractivity contribution in [3.05, 3.63) is 35.9 Å². The van der Waals surface area contributed by atoms with E-state index in [1.54, 1.807) is 0 Å². The summed E-state index contributed by atoms with van der Waals surface area (Å²) in [5, 5.41) is 7.00. The number of aliphatic hydroxyl groups excluding tert-OH is 1. The zero-order chi connectivity index (χ0) is 28.7. The Hall–Kier alpha value is -1.92. The van der Waals surface area contributed by atoms with E-state index >= 15 is 0 Å². The van der Waals surface area contributed by atoms with Crippen molar-refractivity contribution in [1.29, 1.82) is 0 Å². The molecule has 224 valence electrons. The van der Waals surface area contributed by atoms with E-state index in [0.29, 0.717) is 5.41 Å². The zero-order valence-electron chi connectivity index (χ0n) is 25.2. The molecule has 0 aliphatic rings. The third kappa shape index (κ3) is 23.0. The molecule has 1 aromatic carbocycles. The Morgan fingerprint density at radius 1 is 0.730 bits per heavy atom. The molecule has 0 fully saturated rings.